The predicted molar refractivity (Wildman–Crippen MR) is 88.2 cm³/mol. The van der Waals surface area contributed by atoms with Gasteiger partial charge in [-0.1, -0.05) is 6.92 Å². The van der Waals surface area contributed by atoms with Gasteiger partial charge in [-0.25, -0.2) is 0 Å². The Bertz CT molecular complexity index is 730. The zero-order chi connectivity index (χ0) is 16.5. The third kappa shape index (κ3) is 1.77. The predicted octanol–water partition coefficient (Wildman–Crippen LogP) is 2.04. The SMILES string of the molecule is COC1=C[C@]23C[C@H](C)CN2CCc2cc4c(cc2[C@@H]3[C@@H]1O)OCO4. The third-order valence-electron chi connectivity index (χ3n) is 6.19. The molecule has 5 nitrogen and oxygen atoms in total. The molecule has 3 heterocycles. The Balaban J connectivity index is 1.70. The van der Waals surface area contributed by atoms with Gasteiger partial charge in [-0.3, -0.25) is 4.90 Å². The van der Waals surface area contributed by atoms with Crippen LogP contribution < -0.4 is 9.47 Å². The van der Waals surface area contributed by atoms with Crippen LogP contribution in [0, 0.1) is 5.92 Å². The Kier molecular flexibility index (Phi) is 2.98. The number of rotatable bonds is 1. The summed E-state index contributed by atoms with van der Waals surface area (Å²) in [5, 5.41) is 11.0. The fourth-order valence-electron chi connectivity index (χ4n) is 5.31. The second-order valence-corrected chi connectivity index (χ2v) is 7.57. The number of hydrogen-bond donors (Lipinski definition) is 1. The van der Waals surface area contributed by atoms with Crippen molar-refractivity contribution in [1.82, 2.24) is 4.90 Å². The van der Waals surface area contributed by atoms with Crippen LogP contribution in [0.2, 0.25) is 0 Å². The molecule has 128 valence electrons. The molecule has 1 spiro atoms. The molecule has 0 unspecified atom stereocenters. The minimum atomic E-state index is -0.611. The highest BCUT2D eigenvalue weighted by molar-refractivity contribution is 5.54. The number of aliphatic hydroxyl groups excluding tert-OH is 1. The Hall–Kier alpha value is -1.72. The van der Waals surface area contributed by atoms with Crippen LogP contribution in [0.25, 0.3) is 0 Å². The molecule has 5 heteroatoms. The van der Waals surface area contributed by atoms with Crippen LogP contribution in [0.5, 0.6) is 11.5 Å². The van der Waals surface area contributed by atoms with Crippen molar-refractivity contribution in [2.45, 2.75) is 37.3 Å². The molecule has 3 aliphatic heterocycles. The van der Waals surface area contributed by atoms with Gasteiger partial charge in [-0.15, -0.1) is 0 Å². The van der Waals surface area contributed by atoms with Crippen molar-refractivity contribution < 1.29 is 19.3 Å². The van der Waals surface area contributed by atoms with E-state index in [1.165, 1.54) is 11.1 Å². The minimum absolute atomic E-state index is 0.00981. The molecule has 24 heavy (non-hydrogen) atoms. The average molecular weight is 329 g/mol. The van der Waals surface area contributed by atoms with Crippen molar-refractivity contribution >= 4 is 0 Å². The summed E-state index contributed by atoms with van der Waals surface area (Å²) in [5.41, 5.74) is 2.30. The van der Waals surface area contributed by atoms with Gasteiger partial charge in [-0.2, -0.15) is 0 Å². The van der Waals surface area contributed by atoms with Crippen LogP contribution >= 0.6 is 0 Å². The second kappa shape index (κ2) is 4.90. The van der Waals surface area contributed by atoms with E-state index in [0.29, 0.717) is 11.7 Å². The molecule has 4 aliphatic rings. The standard InChI is InChI=1S/C19H23NO4/c1-11-7-19-8-16(22-2)18(21)17(19)13-6-15-14(23-10-24-15)5-12(13)3-4-20(19)9-11/h5-6,8,11,17-18,21H,3-4,7,9-10H2,1-2H3/t11-,17+,18+,19-/m0/s1. The van der Waals surface area contributed by atoms with Crippen molar-refractivity contribution in [3.8, 4) is 11.5 Å². The third-order valence-corrected chi connectivity index (χ3v) is 6.19. The highest BCUT2D eigenvalue weighted by Gasteiger charge is 2.57. The van der Waals surface area contributed by atoms with Gasteiger partial charge in [0.05, 0.1) is 12.6 Å². The molecule has 1 saturated heterocycles. The normalized spacial score (nSPS) is 36.6. The van der Waals surface area contributed by atoms with Crippen LogP contribution in [0.4, 0.5) is 0 Å². The summed E-state index contributed by atoms with van der Waals surface area (Å²) in [4.78, 5) is 2.55. The topological polar surface area (TPSA) is 51.2 Å². The quantitative estimate of drug-likeness (QED) is 0.854. The Labute approximate surface area is 141 Å². The van der Waals surface area contributed by atoms with Gasteiger partial charge in [0.1, 0.15) is 11.9 Å². The van der Waals surface area contributed by atoms with Gasteiger partial charge >= 0.3 is 0 Å². The van der Waals surface area contributed by atoms with Crippen molar-refractivity contribution in [3.63, 3.8) is 0 Å². The zero-order valence-corrected chi connectivity index (χ0v) is 14.1. The molecule has 1 fully saturated rings. The molecule has 1 aliphatic carbocycles. The first kappa shape index (κ1) is 14.6. The van der Waals surface area contributed by atoms with Crippen LogP contribution in [-0.2, 0) is 11.2 Å². The van der Waals surface area contributed by atoms with Gasteiger partial charge in [0.2, 0.25) is 6.79 Å². The lowest BCUT2D eigenvalue weighted by Crippen LogP contribution is -2.46. The summed E-state index contributed by atoms with van der Waals surface area (Å²) >= 11 is 0. The lowest BCUT2D eigenvalue weighted by atomic mass is 9.76. The molecule has 0 saturated carbocycles. The largest absolute Gasteiger partial charge is 0.499 e. The average Bonchev–Trinajstić information content (AvgIpc) is 3.19. The molecular formula is C19H23NO4. The monoisotopic (exact) mass is 329 g/mol. The minimum Gasteiger partial charge on any atom is -0.499 e. The van der Waals surface area contributed by atoms with E-state index in [1.54, 1.807) is 7.11 Å². The number of methoxy groups -OCH3 is 1. The Morgan fingerprint density at radius 2 is 2.08 bits per heavy atom. The van der Waals surface area contributed by atoms with E-state index < -0.39 is 6.10 Å². The van der Waals surface area contributed by atoms with Gasteiger partial charge in [0, 0.05) is 19.0 Å². The summed E-state index contributed by atoms with van der Waals surface area (Å²) in [7, 11) is 1.65. The lowest BCUT2D eigenvalue weighted by Gasteiger charge is -2.38. The maximum Gasteiger partial charge on any atom is 0.231 e. The van der Waals surface area contributed by atoms with E-state index >= 15 is 0 Å². The number of ether oxygens (including phenoxy) is 3. The number of aliphatic hydroxyl groups is 1. The van der Waals surface area contributed by atoms with E-state index in [0.717, 1.165) is 37.4 Å². The first-order valence-corrected chi connectivity index (χ1v) is 8.74. The van der Waals surface area contributed by atoms with Gasteiger partial charge in [-0.05, 0) is 48.1 Å². The summed E-state index contributed by atoms with van der Waals surface area (Å²) in [6.07, 6.45) is 3.60. The van der Waals surface area contributed by atoms with E-state index in [1.807, 2.05) is 0 Å². The number of nitrogens with zero attached hydrogens (tertiary/aromatic N) is 1. The maximum absolute atomic E-state index is 11.0. The van der Waals surface area contributed by atoms with Crippen LogP contribution in [-0.4, -0.2) is 48.6 Å². The molecule has 1 aromatic carbocycles. The van der Waals surface area contributed by atoms with Crippen molar-refractivity contribution in [1.29, 1.82) is 0 Å². The van der Waals surface area contributed by atoms with Crippen molar-refractivity contribution in [3.05, 3.63) is 35.1 Å². The van der Waals surface area contributed by atoms with Crippen molar-refractivity contribution in [2.24, 2.45) is 5.92 Å². The first-order chi connectivity index (χ1) is 11.6. The van der Waals surface area contributed by atoms with Crippen molar-refractivity contribution in [2.75, 3.05) is 27.0 Å². The molecule has 4 atom stereocenters. The Morgan fingerprint density at radius 3 is 2.88 bits per heavy atom. The zero-order valence-electron chi connectivity index (χ0n) is 14.1. The summed E-state index contributed by atoms with van der Waals surface area (Å²) in [5.74, 6) is 2.92. The highest BCUT2D eigenvalue weighted by atomic mass is 16.7. The Morgan fingerprint density at radius 1 is 1.29 bits per heavy atom. The molecule has 5 rings (SSSR count). The second-order valence-electron chi connectivity index (χ2n) is 7.57. The summed E-state index contributed by atoms with van der Waals surface area (Å²) in [6, 6.07) is 4.20. The summed E-state index contributed by atoms with van der Waals surface area (Å²) < 4.78 is 16.7. The molecule has 0 aromatic heterocycles. The molecule has 1 N–H and O–H groups in total. The maximum atomic E-state index is 11.0. The fourth-order valence-corrected chi connectivity index (χ4v) is 5.31. The lowest BCUT2D eigenvalue weighted by molar-refractivity contribution is 0.0782. The van der Waals surface area contributed by atoms with Gasteiger partial charge in [0.25, 0.3) is 0 Å². The molecular weight excluding hydrogens is 306 g/mol. The van der Waals surface area contributed by atoms with Gasteiger partial charge in [0.15, 0.2) is 11.5 Å². The van der Waals surface area contributed by atoms with Gasteiger partial charge < -0.3 is 19.3 Å². The van der Waals surface area contributed by atoms with Crippen LogP contribution in [0.3, 0.4) is 0 Å². The smallest absolute Gasteiger partial charge is 0.231 e. The number of fused-ring (bicyclic) bond motifs is 3. The van der Waals surface area contributed by atoms with E-state index in [4.69, 9.17) is 14.2 Å². The molecule has 1 aromatic rings. The highest BCUT2D eigenvalue weighted by Crippen LogP contribution is 2.55. The van der Waals surface area contributed by atoms with E-state index in [9.17, 15) is 5.11 Å². The fraction of sp³-hybridized carbons (Fsp3) is 0.579. The van der Waals surface area contributed by atoms with Crippen LogP contribution in [0.15, 0.2) is 24.0 Å². The summed E-state index contributed by atoms with van der Waals surface area (Å²) in [6.45, 7) is 4.64. The van der Waals surface area contributed by atoms with E-state index in [2.05, 4.69) is 30.0 Å². The first-order valence-electron chi connectivity index (χ1n) is 8.74. The number of benzene rings is 1. The molecule has 0 radical (unpaired) electrons. The molecule has 0 bridgehead atoms. The number of hydrogen-bond acceptors (Lipinski definition) is 5. The van der Waals surface area contributed by atoms with Crippen LogP contribution in [0.1, 0.15) is 30.4 Å². The van der Waals surface area contributed by atoms with E-state index in [-0.39, 0.29) is 18.2 Å². The molecule has 0 amide bonds.